The lowest BCUT2D eigenvalue weighted by atomic mass is 9.87. The number of nitrogens with zero attached hydrogens (tertiary/aromatic N) is 1. The van der Waals surface area contributed by atoms with E-state index in [0.29, 0.717) is 19.5 Å². The molecule has 3 nitrogen and oxygen atoms in total. The molecule has 1 unspecified atom stereocenters. The molecule has 1 amide bonds. The Labute approximate surface area is 125 Å². The second-order valence-electron chi connectivity index (χ2n) is 5.54. The number of carbonyl (C=O) groups is 1. The molecule has 0 radical (unpaired) electrons. The Hall–Kier alpha value is -0.870. The maximum atomic E-state index is 12.5. The van der Waals surface area contributed by atoms with Gasteiger partial charge in [-0.3, -0.25) is 4.79 Å². The molecule has 0 bridgehead atoms. The van der Waals surface area contributed by atoms with Crippen LogP contribution in [0.1, 0.15) is 53.2 Å². The third-order valence-electron chi connectivity index (χ3n) is 4.23. The summed E-state index contributed by atoms with van der Waals surface area (Å²) in [6.07, 6.45) is 5.42. The normalized spacial score (nSPS) is 17.9. The van der Waals surface area contributed by atoms with Gasteiger partial charge in [0, 0.05) is 24.6 Å². The number of hydrogen-bond acceptors (Lipinski definition) is 3. The number of carbonyl (C=O) groups excluding carboxylic acids is 1. The quantitative estimate of drug-likeness (QED) is 0.876. The van der Waals surface area contributed by atoms with Gasteiger partial charge in [0.2, 0.25) is 0 Å². The highest BCUT2D eigenvalue weighted by atomic mass is 32.1. The van der Waals surface area contributed by atoms with Gasteiger partial charge in [-0.2, -0.15) is 0 Å². The number of aliphatic hydroxyl groups is 1. The summed E-state index contributed by atoms with van der Waals surface area (Å²) in [4.78, 5) is 16.6. The van der Waals surface area contributed by atoms with E-state index in [1.807, 2.05) is 11.8 Å². The smallest absolute Gasteiger partial charge is 0.263 e. The lowest BCUT2D eigenvalue weighted by Crippen LogP contribution is -2.31. The van der Waals surface area contributed by atoms with Crippen molar-refractivity contribution in [2.45, 2.75) is 46.0 Å². The van der Waals surface area contributed by atoms with Gasteiger partial charge >= 0.3 is 0 Å². The molecule has 0 fully saturated rings. The fraction of sp³-hybridized carbons (Fsp3) is 0.688. The largest absolute Gasteiger partial charge is 0.396 e. The van der Waals surface area contributed by atoms with Crippen molar-refractivity contribution < 1.29 is 9.90 Å². The van der Waals surface area contributed by atoms with Crippen molar-refractivity contribution in [2.75, 3.05) is 19.7 Å². The van der Waals surface area contributed by atoms with Gasteiger partial charge in [0.05, 0.1) is 4.88 Å². The van der Waals surface area contributed by atoms with Crippen molar-refractivity contribution >= 4 is 17.2 Å². The zero-order valence-electron chi connectivity index (χ0n) is 12.5. The summed E-state index contributed by atoms with van der Waals surface area (Å²) in [5.41, 5.74) is 1.40. The predicted octanol–water partition coefficient (Wildman–Crippen LogP) is 3.11. The number of aliphatic hydroxyl groups excluding tert-OH is 1. The minimum Gasteiger partial charge on any atom is -0.396 e. The Balaban J connectivity index is 2.09. The van der Waals surface area contributed by atoms with Crippen molar-refractivity contribution in [3.8, 4) is 0 Å². The van der Waals surface area contributed by atoms with Crippen LogP contribution in [0.2, 0.25) is 0 Å². The van der Waals surface area contributed by atoms with Gasteiger partial charge in [-0.15, -0.1) is 11.3 Å². The lowest BCUT2D eigenvalue weighted by molar-refractivity contribution is 0.0759. The van der Waals surface area contributed by atoms with Gasteiger partial charge < -0.3 is 10.0 Å². The molecule has 1 aromatic rings. The molecule has 0 aliphatic heterocycles. The Morgan fingerprint density at radius 3 is 2.95 bits per heavy atom. The Morgan fingerprint density at radius 2 is 2.30 bits per heavy atom. The van der Waals surface area contributed by atoms with Crippen molar-refractivity contribution in [1.82, 2.24) is 4.90 Å². The van der Waals surface area contributed by atoms with E-state index in [4.69, 9.17) is 5.11 Å². The Kier molecular flexibility index (Phi) is 5.61. The van der Waals surface area contributed by atoms with Crippen molar-refractivity contribution in [2.24, 2.45) is 5.92 Å². The molecular weight excluding hydrogens is 270 g/mol. The predicted molar refractivity (Wildman–Crippen MR) is 83.4 cm³/mol. The third kappa shape index (κ3) is 3.41. The van der Waals surface area contributed by atoms with E-state index in [-0.39, 0.29) is 12.5 Å². The van der Waals surface area contributed by atoms with E-state index in [0.717, 1.165) is 23.6 Å². The first-order chi connectivity index (χ1) is 9.69. The molecule has 0 spiro atoms. The van der Waals surface area contributed by atoms with Gasteiger partial charge in [0.15, 0.2) is 0 Å². The molecule has 1 aromatic heterocycles. The highest BCUT2D eigenvalue weighted by Gasteiger charge is 2.23. The Morgan fingerprint density at radius 1 is 1.50 bits per heavy atom. The highest BCUT2D eigenvalue weighted by Crippen LogP contribution is 2.34. The lowest BCUT2D eigenvalue weighted by Gasteiger charge is -2.19. The molecule has 1 N–H and O–H groups in total. The molecule has 1 aliphatic carbocycles. The van der Waals surface area contributed by atoms with Gasteiger partial charge in [-0.1, -0.05) is 13.3 Å². The summed E-state index contributed by atoms with van der Waals surface area (Å²) in [5, 5.41) is 8.92. The zero-order chi connectivity index (χ0) is 14.5. The maximum absolute atomic E-state index is 12.5. The fourth-order valence-corrected chi connectivity index (χ4v) is 4.05. The number of rotatable bonds is 6. The van der Waals surface area contributed by atoms with Crippen LogP contribution < -0.4 is 0 Å². The van der Waals surface area contributed by atoms with Gasteiger partial charge in [0.25, 0.3) is 5.91 Å². The van der Waals surface area contributed by atoms with E-state index in [1.165, 1.54) is 23.3 Å². The summed E-state index contributed by atoms with van der Waals surface area (Å²) in [7, 11) is 0. The summed E-state index contributed by atoms with van der Waals surface area (Å²) in [6.45, 7) is 5.74. The van der Waals surface area contributed by atoms with Crippen LogP contribution in [-0.2, 0) is 12.8 Å². The average molecular weight is 295 g/mol. The van der Waals surface area contributed by atoms with Crippen LogP contribution in [0.5, 0.6) is 0 Å². The first-order valence-corrected chi connectivity index (χ1v) is 8.52. The van der Waals surface area contributed by atoms with Crippen LogP contribution in [0, 0.1) is 5.92 Å². The standard InChI is InChI=1S/C16H25NO2S/c1-3-12-6-7-14-13(10-12)11-15(20-14)16(19)17(4-2)8-5-9-18/h11-12,18H,3-10H2,1-2H3. The van der Waals surface area contributed by atoms with Crippen LogP contribution in [-0.4, -0.2) is 35.6 Å². The average Bonchev–Trinajstić information content (AvgIpc) is 2.90. The number of amides is 1. The van der Waals surface area contributed by atoms with Crippen LogP contribution in [0.25, 0.3) is 0 Å². The number of thiophene rings is 1. The molecule has 1 atom stereocenters. The monoisotopic (exact) mass is 295 g/mol. The van der Waals surface area contributed by atoms with E-state index in [2.05, 4.69) is 13.0 Å². The number of fused-ring (bicyclic) bond motifs is 1. The molecular formula is C16H25NO2S. The van der Waals surface area contributed by atoms with Gasteiger partial charge in [-0.25, -0.2) is 0 Å². The van der Waals surface area contributed by atoms with Crippen molar-refractivity contribution in [3.05, 3.63) is 21.4 Å². The SMILES string of the molecule is CCC1CCc2sc(C(=O)N(CC)CCCO)cc2C1. The second kappa shape index (κ2) is 7.23. The van der Waals surface area contributed by atoms with Gasteiger partial charge in [-0.05, 0) is 50.2 Å². The molecule has 20 heavy (non-hydrogen) atoms. The summed E-state index contributed by atoms with van der Waals surface area (Å²) >= 11 is 1.68. The van der Waals surface area contributed by atoms with E-state index >= 15 is 0 Å². The number of hydrogen-bond donors (Lipinski definition) is 1. The van der Waals surface area contributed by atoms with Crippen LogP contribution >= 0.6 is 11.3 Å². The zero-order valence-corrected chi connectivity index (χ0v) is 13.3. The van der Waals surface area contributed by atoms with Gasteiger partial charge in [0.1, 0.15) is 0 Å². The highest BCUT2D eigenvalue weighted by molar-refractivity contribution is 7.14. The number of aryl methyl sites for hydroxylation is 1. The van der Waals surface area contributed by atoms with Crippen LogP contribution in [0.3, 0.4) is 0 Å². The van der Waals surface area contributed by atoms with Crippen molar-refractivity contribution in [3.63, 3.8) is 0 Å². The first kappa shape index (κ1) is 15.5. The Bertz CT molecular complexity index is 455. The third-order valence-corrected chi connectivity index (χ3v) is 5.45. The van der Waals surface area contributed by atoms with Crippen LogP contribution in [0.4, 0.5) is 0 Å². The minimum atomic E-state index is 0.133. The molecule has 0 aromatic carbocycles. The summed E-state index contributed by atoms with van der Waals surface area (Å²) < 4.78 is 0. The van der Waals surface area contributed by atoms with Crippen molar-refractivity contribution in [1.29, 1.82) is 0 Å². The molecule has 0 saturated carbocycles. The van der Waals surface area contributed by atoms with E-state index in [9.17, 15) is 4.79 Å². The summed E-state index contributed by atoms with van der Waals surface area (Å²) in [6, 6.07) is 2.12. The fourth-order valence-electron chi connectivity index (χ4n) is 2.87. The molecule has 1 aliphatic rings. The molecule has 4 heteroatoms. The van der Waals surface area contributed by atoms with Crippen LogP contribution in [0.15, 0.2) is 6.07 Å². The minimum absolute atomic E-state index is 0.133. The molecule has 0 saturated heterocycles. The van der Waals surface area contributed by atoms with E-state index < -0.39 is 0 Å². The first-order valence-electron chi connectivity index (χ1n) is 7.71. The molecule has 2 rings (SSSR count). The van der Waals surface area contributed by atoms with E-state index in [1.54, 1.807) is 11.3 Å². The molecule has 1 heterocycles. The molecule has 112 valence electrons. The summed E-state index contributed by atoms with van der Waals surface area (Å²) in [5.74, 6) is 0.921. The maximum Gasteiger partial charge on any atom is 0.263 e. The second-order valence-corrected chi connectivity index (χ2v) is 6.67. The topological polar surface area (TPSA) is 40.5 Å².